The third kappa shape index (κ3) is 5.17. The highest BCUT2D eigenvalue weighted by Gasteiger charge is 2.13. The minimum Gasteiger partial charge on any atom is -0.490 e. The molecule has 0 radical (unpaired) electrons. The summed E-state index contributed by atoms with van der Waals surface area (Å²) in [6.07, 6.45) is 0. The van der Waals surface area contributed by atoms with Crippen molar-refractivity contribution in [1.29, 1.82) is 0 Å². The van der Waals surface area contributed by atoms with E-state index in [4.69, 9.17) is 21.1 Å². The van der Waals surface area contributed by atoms with Crippen LogP contribution >= 0.6 is 27.5 Å². The van der Waals surface area contributed by atoms with Gasteiger partial charge in [-0.15, -0.1) is 0 Å². The van der Waals surface area contributed by atoms with E-state index < -0.39 is 0 Å². The van der Waals surface area contributed by atoms with Crippen LogP contribution in [-0.2, 0) is 13.2 Å². The maximum atomic E-state index is 13.3. The third-order valence-corrected chi connectivity index (χ3v) is 6.16. The van der Waals surface area contributed by atoms with Gasteiger partial charge >= 0.3 is 0 Å². The summed E-state index contributed by atoms with van der Waals surface area (Å²) in [4.78, 5) is 0. The molecular formula is C26H22BrClFNO2. The van der Waals surface area contributed by atoms with E-state index in [9.17, 15) is 4.39 Å². The van der Waals surface area contributed by atoms with Gasteiger partial charge in [-0.1, -0.05) is 70.0 Å². The smallest absolute Gasteiger partial charge is 0.162 e. The summed E-state index contributed by atoms with van der Waals surface area (Å²) in [6.45, 7) is 3.25. The average Bonchev–Trinajstić information content (AvgIpc) is 2.79. The van der Waals surface area contributed by atoms with Crippen LogP contribution in [0.25, 0.3) is 10.8 Å². The number of hydrogen-bond acceptors (Lipinski definition) is 3. The second kappa shape index (κ2) is 10.2. The molecule has 0 fully saturated rings. The number of benzene rings is 4. The van der Waals surface area contributed by atoms with E-state index in [-0.39, 0.29) is 12.4 Å². The largest absolute Gasteiger partial charge is 0.490 e. The molecule has 0 amide bonds. The van der Waals surface area contributed by atoms with Crippen LogP contribution in [0.5, 0.6) is 11.5 Å². The lowest BCUT2D eigenvalue weighted by Gasteiger charge is -2.16. The fraction of sp³-hybridized carbons (Fsp3) is 0.154. The number of anilines is 1. The predicted molar refractivity (Wildman–Crippen MR) is 132 cm³/mol. The van der Waals surface area contributed by atoms with Gasteiger partial charge in [0, 0.05) is 27.7 Å². The minimum atomic E-state index is -0.375. The SMILES string of the molecule is CCOc1cc(CNc2cccc3ccccc23)c(Br)cc1OCc1ccc(F)cc1Cl. The molecule has 0 spiro atoms. The molecule has 0 saturated heterocycles. The van der Waals surface area contributed by atoms with Gasteiger partial charge in [0.15, 0.2) is 11.5 Å². The molecule has 0 atom stereocenters. The number of fused-ring (bicyclic) bond motifs is 1. The lowest BCUT2D eigenvalue weighted by molar-refractivity contribution is 0.269. The Morgan fingerprint density at radius 3 is 2.50 bits per heavy atom. The van der Waals surface area contributed by atoms with E-state index in [1.54, 1.807) is 6.07 Å². The van der Waals surface area contributed by atoms with Gasteiger partial charge in [-0.3, -0.25) is 0 Å². The van der Waals surface area contributed by atoms with Crippen molar-refractivity contribution in [3.63, 3.8) is 0 Å². The Hall–Kier alpha value is -2.76. The van der Waals surface area contributed by atoms with Crippen LogP contribution < -0.4 is 14.8 Å². The van der Waals surface area contributed by atoms with Gasteiger partial charge in [0.1, 0.15) is 12.4 Å². The molecule has 0 aliphatic carbocycles. The molecule has 0 heterocycles. The van der Waals surface area contributed by atoms with Gasteiger partial charge in [-0.05, 0) is 48.2 Å². The molecule has 4 rings (SSSR count). The van der Waals surface area contributed by atoms with Gasteiger partial charge < -0.3 is 14.8 Å². The quantitative estimate of drug-likeness (QED) is 0.258. The number of rotatable bonds is 8. The summed E-state index contributed by atoms with van der Waals surface area (Å²) in [6, 6.07) is 22.6. The molecule has 0 aliphatic heterocycles. The molecule has 0 saturated carbocycles. The zero-order valence-corrected chi connectivity index (χ0v) is 19.8. The first-order valence-corrected chi connectivity index (χ1v) is 11.5. The Morgan fingerprint density at radius 2 is 1.69 bits per heavy atom. The number of nitrogens with one attached hydrogen (secondary N) is 1. The Morgan fingerprint density at radius 1 is 0.906 bits per heavy atom. The average molecular weight is 515 g/mol. The normalized spacial score (nSPS) is 10.9. The summed E-state index contributed by atoms with van der Waals surface area (Å²) < 4.78 is 26.0. The van der Waals surface area contributed by atoms with Gasteiger partial charge in [0.25, 0.3) is 0 Å². The fourth-order valence-corrected chi connectivity index (χ4v) is 4.14. The van der Waals surface area contributed by atoms with Crippen LogP contribution in [0, 0.1) is 5.82 Å². The summed E-state index contributed by atoms with van der Waals surface area (Å²) in [5, 5.41) is 6.22. The van der Waals surface area contributed by atoms with Crippen molar-refractivity contribution in [3.05, 3.63) is 99.2 Å². The van der Waals surface area contributed by atoms with Crippen LogP contribution in [0.15, 0.2) is 77.3 Å². The summed E-state index contributed by atoms with van der Waals surface area (Å²) in [5.74, 6) is 0.858. The van der Waals surface area contributed by atoms with Gasteiger partial charge in [-0.2, -0.15) is 0 Å². The van der Waals surface area contributed by atoms with Crippen molar-refractivity contribution in [2.75, 3.05) is 11.9 Å². The molecule has 0 unspecified atom stereocenters. The van der Waals surface area contributed by atoms with Crippen LogP contribution in [0.2, 0.25) is 5.02 Å². The highest BCUT2D eigenvalue weighted by atomic mass is 79.9. The van der Waals surface area contributed by atoms with Crippen molar-refractivity contribution < 1.29 is 13.9 Å². The topological polar surface area (TPSA) is 30.5 Å². The molecule has 4 aromatic rings. The summed E-state index contributed by atoms with van der Waals surface area (Å²) in [5.41, 5.74) is 2.81. The number of halogens is 3. The Labute approximate surface area is 200 Å². The van der Waals surface area contributed by atoms with Gasteiger partial charge in [0.05, 0.1) is 11.6 Å². The van der Waals surface area contributed by atoms with Crippen LogP contribution in [0.1, 0.15) is 18.1 Å². The Kier molecular flexibility index (Phi) is 7.18. The standard InChI is InChI=1S/C26H22BrClFNO2/c1-2-31-25-12-19(15-30-24-9-5-7-17-6-3-4-8-21(17)24)22(27)14-26(25)32-16-18-10-11-20(29)13-23(18)28/h3-14,30H,2,15-16H2,1H3. The molecule has 3 nitrogen and oxygen atoms in total. The zero-order chi connectivity index (χ0) is 22.5. The predicted octanol–water partition coefficient (Wildman–Crippen LogP) is 7.98. The monoisotopic (exact) mass is 513 g/mol. The highest BCUT2D eigenvalue weighted by molar-refractivity contribution is 9.10. The molecule has 164 valence electrons. The highest BCUT2D eigenvalue weighted by Crippen LogP contribution is 2.35. The minimum absolute atomic E-state index is 0.208. The zero-order valence-electron chi connectivity index (χ0n) is 17.5. The first-order chi connectivity index (χ1) is 15.5. The molecule has 6 heteroatoms. The molecule has 32 heavy (non-hydrogen) atoms. The molecule has 4 aromatic carbocycles. The van der Waals surface area contributed by atoms with Crippen molar-refractivity contribution >= 4 is 44.0 Å². The van der Waals surface area contributed by atoms with E-state index in [2.05, 4.69) is 45.5 Å². The molecule has 0 aromatic heterocycles. The van der Waals surface area contributed by atoms with Gasteiger partial charge in [0.2, 0.25) is 0 Å². The first kappa shape index (κ1) is 22.4. The lowest BCUT2D eigenvalue weighted by atomic mass is 10.1. The van der Waals surface area contributed by atoms with Crippen molar-refractivity contribution in [2.24, 2.45) is 0 Å². The third-order valence-electron chi connectivity index (χ3n) is 5.07. The molecule has 0 bridgehead atoms. The van der Waals surface area contributed by atoms with Crippen molar-refractivity contribution in [2.45, 2.75) is 20.1 Å². The van der Waals surface area contributed by atoms with Crippen LogP contribution in [0.3, 0.4) is 0 Å². The van der Waals surface area contributed by atoms with Crippen molar-refractivity contribution in [3.8, 4) is 11.5 Å². The summed E-state index contributed by atoms with van der Waals surface area (Å²) in [7, 11) is 0. The van der Waals surface area contributed by atoms with Gasteiger partial charge in [-0.25, -0.2) is 4.39 Å². The molecule has 1 N–H and O–H groups in total. The van der Waals surface area contributed by atoms with E-state index in [1.807, 2.05) is 37.3 Å². The van der Waals surface area contributed by atoms with Crippen LogP contribution in [-0.4, -0.2) is 6.61 Å². The fourth-order valence-electron chi connectivity index (χ4n) is 3.46. The second-order valence-electron chi connectivity index (χ2n) is 7.23. The van der Waals surface area contributed by atoms with Crippen molar-refractivity contribution in [1.82, 2.24) is 0 Å². The Bertz CT molecular complexity index is 1240. The lowest BCUT2D eigenvalue weighted by Crippen LogP contribution is -2.04. The number of ether oxygens (including phenoxy) is 2. The van der Waals surface area contributed by atoms with E-state index in [0.717, 1.165) is 15.7 Å². The van der Waals surface area contributed by atoms with E-state index >= 15 is 0 Å². The van der Waals surface area contributed by atoms with Crippen LogP contribution in [0.4, 0.5) is 10.1 Å². The Balaban J connectivity index is 1.54. The second-order valence-corrected chi connectivity index (χ2v) is 8.49. The first-order valence-electron chi connectivity index (χ1n) is 10.3. The summed E-state index contributed by atoms with van der Waals surface area (Å²) >= 11 is 9.78. The molecule has 0 aliphatic rings. The number of hydrogen-bond donors (Lipinski definition) is 1. The maximum absolute atomic E-state index is 13.3. The molecular weight excluding hydrogens is 493 g/mol. The van der Waals surface area contributed by atoms with E-state index in [1.165, 1.54) is 22.9 Å². The van der Waals surface area contributed by atoms with E-state index in [0.29, 0.717) is 35.2 Å². The maximum Gasteiger partial charge on any atom is 0.162 e.